The Morgan fingerprint density at radius 1 is 0.833 bits per heavy atom. The molecule has 0 fully saturated rings. The lowest BCUT2D eigenvalue weighted by atomic mass is 10.3. The third kappa shape index (κ3) is 2960. The third-order valence-corrected chi connectivity index (χ3v) is 0.333. The van der Waals surface area contributed by atoms with E-state index in [1.54, 1.807) is 0 Å². The van der Waals surface area contributed by atoms with Gasteiger partial charge in [-0.15, -0.1) is 13.2 Å². The summed E-state index contributed by atoms with van der Waals surface area (Å²) in [6.45, 7) is 20.5. The van der Waals surface area contributed by atoms with Gasteiger partial charge in [-0.05, 0) is 19.8 Å². The van der Waals surface area contributed by atoms with E-state index in [1.807, 2.05) is 39.8 Å². The van der Waals surface area contributed by atoms with Gasteiger partial charge in [0.1, 0.15) is 0 Å². The normalized spacial score (nSPS) is 7.00. The highest BCUT2D eigenvalue weighted by molar-refractivity contribution is 4.68. The van der Waals surface area contributed by atoms with Crippen LogP contribution in [-0.4, -0.2) is 0 Å². The summed E-state index contributed by atoms with van der Waals surface area (Å²) in [5.74, 6) is 0.833. The van der Waals surface area contributed by atoms with Crippen LogP contribution in [0, 0.1) is 5.92 Å². The molecule has 0 saturated heterocycles. The van der Waals surface area contributed by atoms with Crippen LogP contribution in [0.4, 0.5) is 0 Å². The number of hydrogen-bond acceptors (Lipinski definition) is 0. The van der Waals surface area contributed by atoms with Gasteiger partial charge in [-0.2, -0.15) is 0 Å². The molecule has 12 heavy (non-hydrogen) atoms. The van der Waals surface area contributed by atoms with Crippen molar-refractivity contribution in [1.29, 1.82) is 0 Å². The molecular weight excluding hydrogens is 144 g/mol. The van der Waals surface area contributed by atoms with E-state index < -0.39 is 0 Å². The number of rotatable bonds is 0. The van der Waals surface area contributed by atoms with Crippen LogP contribution in [-0.2, 0) is 0 Å². The van der Waals surface area contributed by atoms with E-state index in [0.29, 0.717) is 0 Å². The molecule has 0 spiro atoms. The van der Waals surface area contributed by atoms with Gasteiger partial charge in [-0.25, -0.2) is 0 Å². The van der Waals surface area contributed by atoms with Gasteiger partial charge in [-0.1, -0.05) is 46.8 Å². The van der Waals surface area contributed by atoms with Crippen LogP contribution in [0.15, 0.2) is 25.3 Å². The topological polar surface area (TPSA) is 0 Å². The van der Waals surface area contributed by atoms with E-state index in [4.69, 9.17) is 0 Å². The summed E-state index contributed by atoms with van der Waals surface area (Å²) in [7, 11) is 0. The molecule has 0 saturated carbocycles. The molecule has 0 nitrogen and oxygen atoms in total. The standard InChI is InChI=1S/C4H10.C4H8.C2H6.C2H4/c1-4(2)3;1-3-4-2;2*1-2/h4H,1-3H3;3-4H,1-2H3;1-2H3;1-2H2/b;4-3-;;. The minimum absolute atomic E-state index is 0.833. The summed E-state index contributed by atoms with van der Waals surface area (Å²) in [5.41, 5.74) is 0. The van der Waals surface area contributed by atoms with E-state index in [2.05, 4.69) is 33.9 Å². The maximum absolute atomic E-state index is 3.00. The monoisotopic (exact) mass is 172 g/mol. The summed E-state index contributed by atoms with van der Waals surface area (Å²) >= 11 is 0. The molecule has 0 rings (SSSR count). The lowest BCUT2D eigenvalue weighted by molar-refractivity contribution is 0.737. The first-order valence-electron chi connectivity index (χ1n) is 4.72. The largest absolute Gasteiger partial charge is 0.106 e. The van der Waals surface area contributed by atoms with Crippen LogP contribution in [0.2, 0.25) is 0 Å². The number of allylic oxidation sites excluding steroid dienone is 2. The predicted molar refractivity (Wildman–Crippen MR) is 63.6 cm³/mol. The fraction of sp³-hybridized carbons (Fsp3) is 0.667. The first-order valence-corrected chi connectivity index (χ1v) is 4.72. The van der Waals surface area contributed by atoms with Crippen LogP contribution in [0.25, 0.3) is 0 Å². The maximum atomic E-state index is 3.00. The van der Waals surface area contributed by atoms with Crippen LogP contribution in [0.1, 0.15) is 48.5 Å². The van der Waals surface area contributed by atoms with E-state index in [9.17, 15) is 0 Å². The zero-order valence-electron chi connectivity index (χ0n) is 10.1. The lowest BCUT2D eigenvalue weighted by Crippen LogP contribution is -1.66. The van der Waals surface area contributed by atoms with E-state index in [-0.39, 0.29) is 0 Å². The maximum Gasteiger partial charge on any atom is -0.0470 e. The fourth-order valence-corrected chi connectivity index (χ4v) is 0. The van der Waals surface area contributed by atoms with E-state index in [0.717, 1.165) is 5.92 Å². The average molecular weight is 172 g/mol. The average Bonchev–Trinajstić information content (AvgIpc) is 2.10. The smallest absolute Gasteiger partial charge is 0.0470 e. The highest BCUT2D eigenvalue weighted by Gasteiger charge is 1.68. The highest BCUT2D eigenvalue weighted by atomic mass is 13.7. The molecule has 0 bridgehead atoms. The minimum atomic E-state index is 0.833. The van der Waals surface area contributed by atoms with Crippen molar-refractivity contribution in [2.75, 3.05) is 0 Å². The van der Waals surface area contributed by atoms with E-state index >= 15 is 0 Å². The van der Waals surface area contributed by atoms with Crippen LogP contribution in [0.3, 0.4) is 0 Å². The Bertz CT molecular complexity index is 44.3. The fourth-order valence-electron chi connectivity index (χ4n) is 0. The second kappa shape index (κ2) is 46.9. The first kappa shape index (κ1) is 22.5. The molecule has 0 heteroatoms. The van der Waals surface area contributed by atoms with Gasteiger partial charge in [0.25, 0.3) is 0 Å². The second-order valence-electron chi connectivity index (χ2n) is 2.40. The molecule has 0 atom stereocenters. The molecule has 0 aromatic rings. The van der Waals surface area contributed by atoms with Crippen molar-refractivity contribution in [1.82, 2.24) is 0 Å². The van der Waals surface area contributed by atoms with Gasteiger partial charge in [-0.3, -0.25) is 0 Å². The molecule has 0 heterocycles. The van der Waals surface area contributed by atoms with Crippen LogP contribution in [0.5, 0.6) is 0 Å². The molecule has 0 aliphatic heterocycles. The van der Waals surface area contributed by atoms with Crippen molar-refractivity contribution in [3.8, 4) is 0 Å². The van der Waals surface area contributed by atoms with Crippen molar-refractivity contribution in [2.45, 2.75) is 48.5 Å². The summed E-state index contributed by atoms with van der Waals surface area (Å²) in [4.78, 5) is 0. The molecular formula is C12H28. The summed E-state index contributed by atoms with van der Waals surface area (Å²) in [6.07, 6.45) is 4.00. The highest BCUT2D eigenvalue weighted by Crippen LogP contribution is 1.81. The van der Waals surface area contributed by atoms with Gasteiger partial charge < -0.3 is 0 Å². The Kier molecular flexibility index (Phi) is 88.1. The molecule has 0 aliphatic carbocycles. The minimum Gasteiger partial charge on any atom is -0.106 e. The Balaban J connectivity index is -0.0000000380. The Hall–Kier alpha value is -0.520. The molecule has 0 amide bonds. The van der Waals surface area contributed by atoms with Crippen molar-refractivity contribution < 1.29 is 0 Å². The van der Waals surface area contributed by atoms with Crippen molar-refractivity contribution in [3.05, 3.63) is 25.3 Å². The summed E-state index contributed by atoms with van der Waals surface area (Å²) in [5, 5.41) is 0. The predicted octanol–water partition coefficient (Wildman–Crippen LogP) is 5.07. The third-order valence-electron chi connectivity index (χ3n) is 0.333. The SMILES string of the molecule is C/C=C\C.C=C.CC.CC(C)C. The Morgan fingerprint density at radius 3 is 0.917 bits per heavy atom. The van der Waals surface area contributed by atoms with Gasteiger partial charge in [0.05, 0.1) is 0 Å². The second-order valence-corrected chi connectivity index (χ2v) is 2.40. The van der Waals surface area contributed by atoms with Gasteiger partial charge in [0, 0.05) is 0 Å². The Labute approximate surface area is 80.4 Å². The number of hydrogen-bond donors (Lipinski definition) is 0. The molecule has 0 aromatic carbocycles. The van der Waals surface area contributed by atoms with E-state index in [1.165, 1.54) is 0 Å². The lowest BCUT2D eigenvalue weighted by Gasteiger charge is -1.79. The van der Waals surface area contributed by atoms with Gasteiger partial charge in [0.2, 0.25) is 0 Å². The molecule has 0 aliphatic rings. The Morgan fingerprint density at radius 2 is 0.917 bits per heavy atom. The molecule has 0 N–H and O–H groups in total. The zero-order chi connectivity index (χ0) is 11.0. The summed E-state index contributed by atoms with van der Waals surface area (Å²) in [6, 6.07) is 0. The van der Waals surface area contributed by atoms with Gasteiger partial charge >= 0.3 is 0 Å². The van der Waals surface area contributed by atoms with Crippen molar-refractivity contribution in [3.63, 3.8) is 0 Å². The van der Waals surface area contributed by atoms with Crippen LogP contribution < -0.4 is 0 Å². The molecule has 76 valence electrons. The quantitative estimate of drug-likeness (QED) is 0.447. The molecule has 0 aromatic heterocycles. The first-order chi connectivity index (χ1) is 5.65. The van der Waals surface area contributed by atoms with Crippen molar-refractivity contribution >= 4 is 0 Å². The summed E-state index contributed by atoms with van der Waals surface area (Å²) < 4.78 is 0. The van der Waals surface area contributed by atoms with Crippen LogP contribution >= 0.6 is 0 Å². The zero-order valence-corrected chi connectivity index (χ0v) is 10.1. The molecule has 0 radical (unpaired) electrons. The molecule has 0 unspecified atom stereocenters. The van der Waals surface area contributed by atoms with Gasteiger partial charge in [0.15, 0.2) is 0 Å². The van der Waals surface area contributed by atoms with Crippen molar-refractivity contribution in [2.24, 2.45) is 5.92 Å².